The maximum Gasteiger partial charge on any atom is 0.201 e. The average Bonchev–Trinajstić information content (AvgIpc) is 1.93. The van der Waals surface area contributed by atoms with E-state index in [0.717, 1.165) is 0 Å². The lowest BCUT2D eigenvalue weighted by atomic mass is 10.2. The Morgan fingerprint density at radius 2 is 1.73 bits per heavy atom. The van der Waals surface area contributed by atoms with Crippen LogP contribution in [-0.2, 0) is 0 Å². The highest BCUT2D eigenvalue weighted by molar-refractivity contribution is 5.26. The molecule has 0 aliphatic carbocycles. The molecule has 3 heteroatoms. The van der Waals surface area contributed by atoms with Crippen molar-refractivity contribution in [1.82, 2.24) is 0 Å². The van der Waals surface area contributed by atoms with Crippen molar-refractivity contribution in [2.45, 2.75) is 13.3 Å². The molecular formula is C8H12N2O. The van der Waals surface area contributed by atoms with Gasteiger partial charge in [-0.3, -0.25) is 11.5 Å². The van der Waals surface area contributed by atoms with E-state index in [0.29, 0.717) is 5.75 Å². The molecule has 11 heavy (non-hydrogen) atoms. The largest absolute Gasteiger partial charge is 0.463 e. The maximum absolute atomic E-state index is 5.22. The van der Waals surface area contributed by atoms with Crippen molar-refractivity contribution in [3.8, 4) is 5.75 Å². The van der Waals surface area contributed by atoms with Crippen molar-refractivity contribution in [2.24, 2.45) is 11.5 Å². The summed E-state index contributed by atoms with van der Waals surface area (Å²) in [6.45, 7) is 2.01. The summed E-state index contributed by atoms with van der Waals surface area (Å²) in [5.41, 5.74) is 11.6. The molecule has 0 fully saturated rings. The number of nitrogens with two attached hydrogens (primary N) is 2. The number of aryl methyl sites for hydroxylation is 1. The Labute approximate surface area is 66.0 Å². The summed E-state index contributed by atoms with van der Waals surface area (Å²) in [5.74, 6) is 0.700. The van der Waals surface area contributed by atoms with Gasteiger partial charge < -0.3 is 4.74 Å². The van der Waals surface area contributed by atoms with Crippen LogP contribution in [0.5, 0.6) is 5.75 Å². The Morgan fingerprint density at radius 1 is 1.18 bits per heavy atom. The van der Waals surface area contributed by atoms with Crippen LogP contribution < -0.4 is 16.2 Å². The molecule has 0 amide bonds. The Hall–Kier alpha value is -1.06. The summed E-state index contributed by atoms with van der Waals surface area (Å²) in [7, 11) is 0. The summed E-state index contributed by atoms with van der Waals surface area (Å²) in [6, 6.07) is 7.56. The second-order valence-corrected chi connectivity index (χ2v) is 2.40. The molecule has 1 aromatic rings. The van der Waals surface area contributed by atoms with Crippen LogP contribution in [0.3, 0.4) is 0 Å². The average molecular weight is 152 g/mol. The van der Waals surface area contributed by atoms with Crippen molar-refractivity contribution < 1.29 is 4.74 Å². The predicted molar refractivity (Wildman–Crippen MR) is 44.0 cm³/mol. The van der Waals surface area contributed by atoms with Crippen molar-refractivity contribution in [3.05, 3.63) is 29.8 Å². The minimum absolute atomic E-state index is 0.700. The maximum atomic E-state index is 5.22. The van der Waals surface area contributed by atoms with Crippen LogP contribution in [0.25, 0.3) is 0 Å². The van der Waals surface area contributed by atoms with Gasteiger partial charge in [0.2, 0.25) is 6.35 Å². The smallest absolute Gasteiger partial charge is 0.201 e. The highest BCUT2D eigenvalue weighted by Crippen LogP contribution is 2.10. The predicted octanol–water partition coefficient (Wildman–Crippen LogP) is 0.575. The monoisotopic (exact) mass is 152 g/mol. The summed E-state index contributed by atoms with van der Waals surface area (Å²) in [4.78, 5) is 0. The zero-order valence-corrected chi connectivity index (χ0v) is 6.45. The van der Waals surface area contributed by atoms with E-state index in [-0.39, 0.29) is 0 Å². The third-order valence-electron chi connectivity index (χ3n) is 1.29. The molecule has 3 nitrogen and oxygen atoms in total. The van der Waals surface area contributed by atoms with E-state index >= 15 is 0 Å². The molecule has 0 unspecified atom stereocenters. The molecule has 1 aromatic carbocycles. The van der Waals surface area contributed by atoms with E-state index in [2.05, 4.69) is 0 Å². The molecule has 0 radical (unpaired) electrons. The van der Waals surface area contributed by atoms with Gasteiger partial charge >= 0.3 is 0 Å². The molecule has 0 aromatic heterocycles. The summed E-state index contributed by atoms with van der Waals surface area (Å²) >= 11 is 0. The highest BCUT2D eigenvalue weighted by Gasteiger charge is 1.95. The zero-order valence-electron chi connectivity index (χ0n) is 6.45. The summed E-state index contributed by atoms with van der Waals surface area (Å²) < 4.78 is 5.02. The molecule has 0 atom stereocenters. The van der Waals surface area contributed by atoms with Crippen LogP contribution in [0.4, 0.5) is 0 Å². The quantitative estimate of drug-likeness (QED) is 0.609. The first kappa shape index (κ1) is 8.04. The van der Waals surface area contributed by atoms with Crippen LogP contribution in [0.1, 0.15) is 5.56 Å². The van der Waals surface area contributed by atoms with Crippen molar-refractivity contribution in [3.63, 3.8) is 0 Å². The molecule has 0 bridgehead atoms. The first-order valence-corrected chi connectivity index (χ1v) is 3.43. The lowest BCUT2D eigenvalue weighted by Gasteiger charge is -2.08. The fourth-order valence-corrected chi connectivity index (χ4v) is 0.774. The Kier molecular flexibility index (Phi) is 2.46. The van der Waals surface area contributed by atoms with Gasteiger partial charge in [-0.1, -0.05) is 17.7 Å². The molecular weight excluding hydrogens is 140 g/mol. The van der Waals surface area contributed by atoms with Crippen LogP contribution in [0.15, 0.2) is 24.3 Å². The van der Waals surface area contributed by atoms with Crippen LogP contribution in [0, 0.1) is 6.92 Å². The van der Waals surface area contributed by atoms with Gasteiger partial charge in [-0.2, -0.15) is 0 Å². The van der Waals surface area contributed by atoms with E-state index in [1.54, 1.807) is 0 Å². The second-order valence-electron chi connectivity index (χ2n) is 2.40. The van der Waals surface area contributed by atoms with E-state index in [1.807, 2.05) is 31.2 Å². The normalized spacial score (nSPS) is 10.2. The molecule has 1 rings (SSSR count). The van der Waals surface area contributed by atoms with Crippen LogP contribution in [-0.4, -0.2) is 6.35 Å². The fraction of sp³-hybridized carbons (Fsp3) is 0.250. The van der Waals surface area contributed by atoms with E-state index in [1.165, 1.54) is 5.56 Å². The van der Waals surface area contributed by atoms with Gasteiger partial charge in [0.1, 0.15) is 5.75 Å². The Balaban J connectivity index is 2.66. The molecule has 4 N–H and O–H groups in total. The van der Waals surface area contributed by atoms with Gasteiger partial charge in [-0.15, -0.1) is 0 Å². The Morgan fingerprint density at radius 3 is 2.18 bits per heavy atom. The molecule has 0 heterocycles. The number of benzene rings is 1. The van der Waals surface area contributed by atoms with Gasteiger partial charge in [-0.05, 0) is 19.1 Å². The molecule has 0 aliphatic rings. The first-order valence-electron chi connectivity index (χ1n) is 3.43. The molecule has 0 aliphatic heterocycles. The molecule has 0 saturated heterocycles. The van der Waals surface area contributed by atoms with E-state index < -0.39 is 6.35 Å². The highest BCUT2D eigenvalue weighted by atomic mass is 16.5. The third-order valence-corrected chi connectivity index (χ3v) is 1.29. The number of hydrogen-bond acceptors (Lipinski definition) is 3. The number of hydrogen-bond donors (Lipinski definition) is 2. The van der Waals surface area contributed by atoms with Crippen molar-refractivity contribution in [1.29, 1.82) is 0 Å². The molecule has 0 saturated carbocycles. The van der Waals surface area contributed by atoms with Gasteiger partial charge in [-0.25, -0.2) is 0 Å². The second kappa shape index (κ2) is 3.37. The summed E-state index contributed by atoms with van der Waals surface area (Å²) in [5, 5.41) is 0. The SMILES string of the molecule is Cc1ccc(OC(N)N)cc1. The van der Waals surface area contributed by atoms with Gasteiger partial charge in [0.25, 0.3) is 0 Å². The van der Waals surface area contributed by atoms with E-state index in [9.17, 15) is 0 Å². The third kappa shape index (κ3) is 2.57. The molecule has 0 spiro atoms. The summed E-state index contributed by atoms with van der Waals surface area (Å²) in [6.07, 6.45) is -0.738. The van der Waals surface area contributed by atoms with Crippen LogP contribution in [0.2, 0.25) is 0 Å². The van der Waals surface area contributed by atoms with Crippen molar-refractivity contribution in [2.75, 3.05) is 0 Å². The lowest BCUT2D eigenvalue weighted by Crippen LogP contribution is -2.36. The van der Waals surface area contributed by atoms with E-state index in [4.69, 9.17) is 16.2 Å². The fourth-order valence-electron chi connectivity index (χ4n) is 0.774. The van der Waals surface area contributed by atoms with Crippen molar-refractivity contribution >= 4 is 0 Å². The lowest BCUT2D eigenvalue weighted by molar-refractivity contribution is 0.217. The minimum atomic E-state index is -0.738. The van der Waals surface area contributed by atoms with Gasteiger partial charge in [0.15, 0.2) is 0 Å². The Bertz CT molecular complexity index is 218. The van der Waals surface area contributed by atoms with Crippen LogP contribution >= 0.6 is 0 Å². The minimum Gasteiger partial charge on any atom is -0.463 e. The number of ether oxygens (including phenoxy) is 1. The van der Waals surface area contributed by atoms with Gasteiger partial charge in [0.05, 0.1) is 0 Å². The molecule has 60 valence electrons. The topological polar surface area (TPSA) is 61.3 Å². The number of rotatable bonds is 2. The van der Waals surface area contributed by atoms with Gasteiger partial charge in [0, 0.05) is 0 Å². The first-order chi connectivity index (χ1) is 5.18. The standard InChI is InChI=1S/C8H12N2O/c1-6-2-4-7(5-3-6)11-8(9)10/h2-5,8H,9-10H2,1H3. The zero-order chi connectivity index (χ0) is 8.27.